The van der Waals surface area contributed by atoms with Gasteiger partial charge in [-0.3, -0.25) is 4.90 Å². The van der Waals surface area contributed by atoms with E-state index in [0.29, 0.717) is 32.0 Å². The maximum absolute atomic E-state index is 13.9. The summed E-state index contributed by atoms with van der Waals surface area (Å²) in [5, 5.41) is 10.2. The molecule has 0 saturated carbocycles. The topological polar surface area (TPSA) is 61.7 Å². The average Bonchev–Trinajstić information content (AvgIpc) is 2.85. The van der Waals surface area contributed by atoms with Gasteiger partial charge in [0.05, 0.1) is 12.7 Å². The smallest absolute Gasteiger partial charge is 0.161 e. The van der Waals surface area contributed by atoms with E-state index in [-0.39, 0.29) is 5.82 Å². The molecule has 2 heterocycles. The highest BCUT2D eigenvalue weighted by Gasteiger charge is 2.24. The molecule has 7 heteroatoms. The number of nitrogens with zero attached hydrogens (tertiary/aromatic N) is 4. The first-order valence-corrected chi connectivity index (χ1v) is 11.9. The molecule has 2 aromatic carbocycles. The summed E-state index contributed by atoms with van der Waals surface area (Å²) >= 11 is 0. The van der Waals surface area contributed by atoms with Gasteiger partial charge in [0.2, 0.25) is 0 Å². The van der Waals surface area contributed by atoms with Gasteiger partial charge in [-0.05, 0) is 31.5 Å². The largest absolute Gasteiger partial charge is 0.389 e. The first-order chi connectivity index (χ1) is 16.5. The molecule has 3 aromatic rings. The van der Waals surface area contributed by atoms with E-state index in [1.165, 1.54) is 6.07 Å². The third kappa shape index (κ3) is 6.17. The predicted molar refractivity (Wildman–Crippen MR) is 133 cm³/mol. The molecule has 180 valence electrons. The highest BCUT2D eigenvalue weighted by atomic mass is 19.1. The number of halogens is 1. The number of ether oxygens (including phenoxy) is 1. The van der Waals surface area contributed by atoms with Gasteiger partial charge in [0.15, 0.2) is 5.82 Å². The van der Waals surface area contributed by atoms with Crippen molar-refractivity contribution < 1.29 is 14.2 Å². The number of aryl methyl sites for hydroxylation is 1. The molecule has 34 heavy (non-hydrogen) atoms. The van der Waals surface area contributed by atoms with Crippen LogP contribution in [0.1, 0.15) is 23.7 Å². The van der Waals surface area contributed by atoms with Crippen molar-refractivity contribution in [2.45, 2.75) is 26.4 Å². The molecule has 0 amide bonds. The number of aliphatic hydroxyl groups excluding tert-OH is 1. The van der Waals surface area contributed by atoms with Crippen molar-refractivity contribution in [2.75, 3.05) is 50.8 Å². The Balaban J connectivity index is 1.58. The van der Waals surface area contributed by atoms with Crippen LogP contribution in [0.15, 0.2) is 54.6 Å². The Morgan fingerprint density at radius 3 is 2.50 bits per heavy atom. The number of hydrogen-bond acceptors (Lipinski definition) is 6. The first kappa shape index (κ1) is 24.3. The molecule has 1 atom stereocenters. The van der Waals surface area contributed by atoms with Gasteiger partial charge in [0, 0.05) is 62.6 Å². The monoisotopic (exact) mass is 464 g/mol. The van der Waals surface area contributed by atoms with Crippen molar-refractivity contribution >= 4 is 5.82 Å². The number of hydrogen-bond donors (Lipinski definition) is 1. The quantitative estimate of drug-likeness (QED) is 0.521. The molecule has 1 aliphatic heterocycles. The molecule has 1 unspecified atom stereocenters. The average molecular weight is 465 g/mol. The lowest BCUT2D eigenvalue weighted by molar-refractivity contribution is 0.0202. The molecule has 1 N–H and O–H groups in total. The van der Waals surface area contributed by atoms with Gasteiger partial charge in [-0.2, -0.15) is 0 Å². The number of aliphatic hydroxyl groups is 1. The van der Waals surface area contributed by atoms with E-state index in [4.69, 9.17) is 14.7 Å². The number of rotatable bonds is 9. The summed E-state index contributed by atoms with van der Waals surface area (Å²) < 4.78 is 19.2. The summed E-state index contributed by atoms with van der Waals surface area (Å²) in [5.41, 5.74) is 3.80. The third-order valence-electron chi connectivity index (χ3n) is 6.15. The van der Waals surface area contributed by atoms with Gasteiger partial charge in [-0.15, -0.1) is 0 Å². The Hall–Kier alpha value is -2.87. The molecule has 6 nitrogen and oxygen atoms in total. The van der Waals surface area contributed by atoms with E-state index in [9.17, 15) is 9.50 Å². The van der Waals surface area contributed by atoms with E-state index in [0.717, 1.165) is 54.4 Å². The molecule has 1 fully saturated rings. The van der Waals surface area contributed by atoms with Gasteiger partial charge < -0.3 is 14.7 Å². The van der Waals surface area contributed by atoms with Gasteiger partial charge in [-0.25, -0.2) is 14.4 Å². The fraction of sp³-hybridized carbons (Fsp3) is 0.407. The van der Waals surface area contributed by atoms with Crippen LogP contribution in [-0.4, -0.2) is 72.0 Å². The normalized spacial score (nSPS) is 15.5. The van der Waals surface area contributed by atoms with Gasteiger partial charge >= 0.3 is 0 Å². The molecule has 0 radical (unpaired) electrons. The summed E-state index contributed by atoms with van der Waals surface area (Å²) in [6.07, 6.45) is 0.0855. The molecule has 1 saturated heterocycles. The zero-order valence-electron chi connectivity index (χ0n) is 20.0. The van der Waals surface area contributed by atoms with Crippen molar-refractivity contribution in [2.24, 2.45) is 0 Å². The standard InChI is InChI=1S/C27H33FN4O2/c1-3-34-19-24(33)18-31-12-14-32(15-13-31)27-25(17-21-8-7-11-23(28)16-21)20(2)29-26(30-27)22-9-5-4-6-10-22/h4-11,16,24,33H,3,12-15,17-19H2,1-2H3. The van der Waals surface area contributed by atoms with Crippen molar-refractivity contribution in [3.63, 3.8) is 0 Å². The fourth-order valence-electron chi connectivity index (χ4n) is 4.36. The lowest BCUT2D eigenvalue weighted by Crippen LogP contribution is -2.49. The Bertz CT molecular complexity index is 1070. The Kier molecular flexibility index (Phi) is 8.21. The van der Waals surface area contributed by atoms with E-state index in [1.54, 1.807) is 12.1 Å². The molecule has 1 aliphatic rings. The third-order valence-corrected chi connectivity index (χ3v) is 6.15. The highest BCUT2D eigenvalue weighted by Crippen LogP contribution is 2.28. The molecular formula is C27H33FN4O2. The maximum Gasteiger partial charge on any atom is 0.161 e. The van der Waals surface area contributed by atoms with Crippen LogP contribution < -0.4 is 4.90 Å². The lowest BCUT2D eigenvalue weighted by atomic mass is 10.0. The van der Waals surface area contributed by atoms with Crippen LogP contribution in [0.2, 0.25) is 0 Å². The van der Waals surface area contributed by atoms with Crippen LogP contribution in [0.5, 0.6) is 0 Å². The number of β-amino-alcohol motifs (C(OH)–C–C–N with tert-alkyl or cyclic N) is 1. The molecule has 0 spiro atoms. The fourth-order valence-corrected chi connectivity index (χ4v) is 4.36. The second-order valence-corrected chi connectivity index (χ2v) is 8.71. The minimum absolute atomic E-state index is 0.238. The summed E-state index contributed by atoms with van der Waals surface area (Å²) in [7, 11) is 0. The van der Waals surface area contributed by atoms with Crippen molar-refractivity contribution in [3.05, 3.63) is 77.2 Å². The molecule has 1 aromatic heterocycles. The second kappa shape index (κ2) is 11.5. The number of benzene rings is 2. The Labute approximate surface area is 201 Å². The van der Waals surface area contributed by atoms with Crippen LogP contribution in [0.3, 0.4) is 0 Å². The van der Waals surface area contributed by atoms with E-state index >= 15 is 0 Å². The maximum atomic E-state index is 13.9. The highest BCUT2D eigenvalue weighted by molar-refractivity contribution is 5.61. The summed E-state index contributed by atoms with van der Waals surface area (Å²) in [4.78, 5) is 14.4. The number of aromatic nitrogens is 2. The van der Waals surface area contributed by atoms with Gasteiger partial charge in [0.25, 0.3) is 0 Å². The second-order valence-electron chi connectivity index (χ2n) is 8.71. The number of anilines is 1. The zero-order valence-corrected chi connectivity index (χ0v) is 20.0. The first-order valence-electron chi connectivity index (χ1n) is 11.9. The molecule has 0 bridgehead atoms. The molecule has 4 rings (SSSR count). The summed E-state index contributed by atoms with van der Waals surface area (Å²) in [6, 6.07) is 16.7. The van der Waals surface area contributed by atoms with Crippen LogP contribution >= 0.6 is 0 Å². The SMILES string of the molecule is CCOCC(O)CN1CCN(c2nc(-c3ccccc3)nc(C)c2Cc2cccc(F)c2)CC1. The van der Waals surface area contributed by atoms with Crippen molar-refractivity contribution in [3.8, 4) is 11.4 Å². The molecule has 0 aliphatic carbocycles. The summed E-state index contributed by atoms with van der Waals surface area (Å²) in [6.45, 7) is 8.74. The minimum atomic E-state index is -0.485. The molecular weight excluding hydrogens is 431 g/mol. The van der Waals surface area contributed by atoms with E-state index < -0.39 is 6.10 Å². The number of piperazine rings is 1. The van der Waals surface area contributed by atoms with Crippen molar-refractivity contribution in [1.82, 2.24) is 14.9 Å². The zero-order chi connectivity index (χ0) is 23.9. The van der Waals surface area contributed by atoms with Gasteiger partial charge in [0.1, 0.15) is 11.6 Å². The summed E-state index contributed by atoms with van der Waals surface area (Å²) in [5.74, 6) is 1.37. The van der Waals surface area contributed by atoms with E-state index in [2.05, 4.69) is 9.80 Å². The van der Waals surface area contributed by atoms with E-state index in [1.807, 2.05) is 50.2 Å². The lowest BCUT2D eigenvalue weighted by Gasteiger charge is -2.37. The minimum Gasteiger partial charge on any atom is -0.389 e. The van der Waals surface area contributed by atoms with Crippen LogP contribution in [0.4, 0.5) is 10.2 Å². The van der Waals surface area contributed by atoms with Crippen LogP contribution in [-0.2, 0) is 11.2 Å². The van der Waals surface area contributed by atoms with Crippen LogP contribution in [0.25, 0.3) is 11.4 Å². The predicted octanol–water partition coefficient (Wildman–Crippen LogP) is 3.70. The Morgan fingerprint density at radius 1 is 1.03 bits per heavy atom. The van der Waals surface area contributed by atoms with Crippen LogP contribution in [0, 0.1) is 12.7 Å². The Morgan fingerprint density at radius 2 is 1.79 bits per heavy atom. The van der Waals surface area contributed by atoms with Crippen molar-refractivity contribution in [1.29, 1.82) is 0 Å². The van der Waals surface area contributed by atoms with Gasteiger partial charge in [-0.1, -0.05) is 42.5 Å².